The quantitative estimate of drug-likeness (QED) is 0.831. The Kier molecular flexibility index (Phi) is 4.61. The number of hydrogen-bond acceptors (Lipinski definition) is 2. The van der Waals surface area contributed by atoms with Gasteiger partial charge >= 0.3 is 12.1 Å². The SMILES string of the molecule is O=C(O)/C=C/CNc1ccc(C(F)(F)F)cc1Cl. The number of benzene rings is 1. The van der Waals surface area contributed by atoms with Crippen LogP contribution in [0.4, 0.5) is 18.9 Å². The van der Waals surface area contributed by atoms with Gasteiger partial charge in [0.15, 0.2) is 0 Å². The van der Waals surface area contributed by atoms with Crippen LogP contribution in [-0.4, -0.2) is 17.6 Å². The van der Waals surface area contributed by atoms with Crippen molar-refractivity contribution in [1.82, 2.24) is 0 Å². The van der Waals surface area contributed by atoms with Gasteiger partial charge in [0.25, 0.3) is 0 Å². The summed E-state index contributed by atoms with van der Waals surface area (Å²) in [5.41, 5.74) is -0.529. The Bertz CT molecular complexity index is 472. The Labute approximate surface area is 106 Å². The molecule has 0 saturated carbocycles. The average molecular weight is 280 g/mol. The van der Waals surface area contributed by atoms with E-state index in [4.69, 9.17) is 16.7 Å². The highest BCUT2D eigenvalue weighted by atomic mass is 35.5. The number of nitrogens with one attached hydrogen (secondary N) is 1. The third-order valence-corrected chi connectivity index (χ3v) is 2.28. The van der Waals surface area contributed by atoms with E-state index in [2.05, 4.69) is 5.32 Å². The molecule has 98 valence electrons. The molecule has 18 heavy (non-hydrogen) atoms. The number of rotatable bonds is 4. The summed E-state index contributed by atoms with van der Waals surface area (Å²) in [6.45, 7) is 0.150. The summed E-state index contributed by atoms with van der Waals surface area (Å²) < 4.78 is 37.0. The van der Waals surface area contributed by atoms with Gasteiger partial charge in [-0.3, -0.25) is 0 Å². The molecule has 0 aliphatic carbocycles. The first kappa shape index (κ1) is 14.4. The molecular weight excluding hydrogens is 271 g/mol. The van der Waals surface area contributed by atoms with E-state index in [-0.39, 0.29) is 11.6 Å². The summed E-state index contributed by atoms with van der Waals surface area (Å²) in [6, 6.07) is 2.90. The first-order valence-electron chi connectivity index (χ1n) is 4.81. The fourth-order valence-electron chi connectivity index (χ4n) is 1.16. The van der Waals surface area contributed by atoms with Gasteiger partial charge in [0.05, 0.1) is 16.3 Å². The molecule has 1 aromatic carbocycles. The molecule has 1 rings (SSSR count). The first-order chi connectivity index (χ1) is 8.30. The summed E-state index contributed by atoms with van der Waals surface area (Å²) in [6.07, 6.45) is -2.20. The van der Waals surface area contributed by atoms with Gasteiger partial charge in [0.1, 0.15) is 0 Å². The monoisotopic (exact) mass is 279 g/mol. The molecule has 0 aliphatic heterocycles. The van der Waals surface area contributed by atoms with Crippen molar-refractivity contribution in [3.05, 3.63) is 40.9 Å². The molecule has 3 nitrogen and oxygen atoms in total. The maximum absolute atomic E-state index is 12.3. The summed E-state index contributed by atoms with van der Waals surface area (Å²) in [4.78, 5) is 10.2. The van der Waals surface area contributed by atoms with E-state index in [1.807, 2.05) is 0 Å². The minimum absolute atomic E-state index is 0.0754. The Hall–Kier alpha value is -1.69. The molecular formula is C11H9ClF3NO2. The van der Waals surface area contributed by atoms with Crippen LogP contribution in [0.25, 0.3) is 0 Å². The number of hydrogen-bond donors (Lipinski definition) is 2. The maximum Gasteiger partial charge on any atom is 0.416 e. The summed E-state index contributed by atoms with van der Waals surface area (Å²) in [5, 5.41) is 10.9. The highest BCUT2D eigenvalue weighted by Crippen LogP contribution is 2.33. The van der Waals surface area contributed by atoms with Gasteiger partial charge in [-0.25, -0.2) is 4.79 Å². The molecule has 0 unspecified atom stereocenters. The lowest BCUT2D eigenvalue weighted by Gasteiger charge is -2.10. The third-order valence-electron chi connectivity index (χ3n) is 1.97. The van der Waals surface area contributed by atoms with E-state index >= 15 is 0 Å². The standard InChI is InChI=1S/C11H9ClF3NO2/c12-8-6-7(11(13,14)15)3-4-9(8)16-5-1-2-10(17)18/h1-4,6,16H,5H2,(H,17,18)/b2-1+. The lowest BCUT2D eigenvalue weighted by Crippen LogP contribution is -2.06. The van der Waals surface area contributed by atoms with Crippen LogP contribution in [0.1, 0.15) is 5.56 Å². The number of anilines is 1. The van der Waals surface area contributed by atoms with Gasteiger partial charge in [-0.15, -0.1) is 0 Å². The van der Waals surface area contributed by atoms with E-state index in [0.717, 1.165) is 18.2 Å². The van der Waals surface area contributed by atoms with Crippen LogP contribution in [0.5, 0.6) is 0 Å². The van der Waals surface area contributed by atoms with Gasteiger partial charge < -0.3 is 10.4 Å². The van der Waals surface area contributed by atoms with Crippen molar-refractivity contribution >= 4 is 23.3 Å². The van der Waals surface area contributed by atoms with Gasteiger partial charge in [0.2, 0.25) is 0 Å². The Balaban J connectivity index is 2.72. The molecule has 0 aromatic heterocycles. The zero-order valence-corrected chi connectivity index (χ0v) is 9.72. The van der Waals surface area contributed by atoms with Crippen molar-refractivity contribution < 1.29 is 23.1 Å². The fraction of sp³-hybridized carbons (Fsp3) is 0.182. The smallest absolute Gasteiger partial charge is 0.416 e. The average Bonchev–Trinajstić information content (AvgIpc) is 2.24. The van der Waals surface area contributed by atoms with Crippen LogP contribution in [-0.2, 0) is 11.0 Å². The van der Waals surface area contributed by atoms with Crippen molar-refractivity contribution in [2.45, 2.75) is 6.18 Å². The number of carboxylic acids is 1. The topological polar surface area (TPSA) is 49.3 Å². The number of carboxylic acid groups (broad SMARTS) is 1. The van der Waals surface area contributed by atoms with Gasteiger partial charge in [-0.1, -0.05) is 17.7 Å². The van der Waals surface area contributed by atoms with Gasteiger partial charge in [-0.2, -0.15) is 13.2 Å². The zero-order valence-electron chi connectivity index (χ0n) is 8.96. The second-order valence-electron chi connectivity index (χ2n) is 3.31. The molecule has 1 aromatic rings. The molecule has 0 bridgehead atoms. The lowest BCUT2D eigenvalue weighted by atomic mass is 10.2. The molecule has 0 heterocycles. The van der Waals surface area contributed by atoms with Crippen LogP contribution in [0.15, 0.2) is 30.4 Å². The Morgan fingerprint density at radius 2 is 2.11 bits per heavy atom. The first-order valence-corrected chi connectivity index (χ1v) is 5.18. The Morgan fingerprint density at radius 3 is 2.61 bits per heavy atom. The summed E-state index contributed by atoms with van der Waals surface area (Å²) in [5.74, 6) is -1.10. The van der Waals surface area contributed by atoms with Gasteiger partial charge in [0, 0.05) is 12.6 Å². The third kappa shape index (κ3) is 4.29. The highest BCUT2D eigenvalue weighted by molar-refractivity contribution is 6.33. The maximum atomic E-state index is 12.3. The summed E-state index contributed by atoms with van der Waals surface area (Å²) >= 11 is 5.67. The van der Waals surface area contributed by atoms with Crippen LogP contribution >= 0.6 is 11.6 Å². The minimum atomic E-state index is -4.44. The second-order valence-corrected chi connectivity index (χ2v) is 3.72. The van der Waals surface area contributed by atoms with Crippen LogP contribution < -0.4 is 5.32 Å². The minimum Gasteiger partial charge on any atom is -0.478 e. The molecule has 2 N–H and O–H groups in total. The van der Waals surface area contributed by atoms with Gasteiger partial charge in [-0.05, 0) is 18.2 Å². The second kappa shape index (κ2) is 5.77. The summed E-state index contributed by atoms with van der Waals surface area (Å²) in [7, 11) is 0. The lowest BCUT2D eigenvalue weighted by molar-refractivity contribution is -0.137. The number of carbonyl (C=O) groups is 1. The van der Waals surface area contributed by atoms with E-state index in [9.17, 15) is 18.0 Å². The molecule has 0 amide bonds. The molecule has 7 heteroatoms. The highest BCUT2D eigenvalue weighted by Gasteiger charge is 2.30. The van der Waals surface area contributed by atoms with E-state index in [1.165, 1.54) is 12.1 Å². The van der Waals surface area contributed by atoms with Crippen LogP contribution in [0, 0.1) is 0 Å². The number of aliphatic carboxylic acids is 1. The molecule has 0 aliphatic rings. The van der Waals surface area contributed by atoms with Crippen molar-refractivity contribution in [3.8, 4) is 0 Å². The largest absolute Gasteiger partial charge is 0.478 e. The van der Waals surface area contributed by atoms with Crippen LogP contribution in [0.3, 0.4) is 0 Å². The molecule has 0 fully saturated rings. The van der Waals surface area contributed by atoms with Crippen LogP contribution in [0.2, 0.25) is 5.02 Å². The van der Waals surface area contributed by atoms with E-state index in [0.29, 0.717) is 5.69 Å². The van der Waals surface area contributed by atoms with Crippen molar-refractivity contribution in [1.29, 1.82) is 0 Å². The molecule has 0 spiro atoms. The molecule has 0 atom stereocenters. The predicted octanol–water partition coefficient (Wildman–Crippen LogP) is 3.41. The van der Waals surface area contributed by atoms with Crippen molar-refractivity contribution in [2.24, 2.45) is 0 Å². The predicted molar refractivity (Wildman–Crippen MR) is 61.7 cm³/mol. The van der Waals surface area contributed by atoms with E-state index in [1.54, 1.807) is 0 Å². The van der Waals surface area contributed by atoms with Crippen molar-refractivity contribution in [2.75, 3.05) is 11.9 Å². The van der Waals surface area contributed by atoms with E-state index < -0.39 is 17.7 Å². The normalized spacial score (nSPS) is 11.8. The fourth-order valence-corrected chi connectivity index (χ4v) is 1.41. The Morgan fingerprint density at radius 1 is 1.44 bits per heavy atom. The molecule has 0 saturated heterocycles. The number of halogens is 4. The number of alkyl halides is 3. The van der Waals surface area contributed by atoms with Crippen molar-refractivity contribution in [3.63, 3.8) is 0 Å². The zero-order chi connectivity index (χ0) is 13.8. The molecule has 0 radical (unpaired) electrons.